The van der Waals surface area contributed by atoms with E-state index in [-0.39, 0.29) is 41.3 Å². The molecule has 5 heteroatoms. The van der Waals surface area contributed by atoms with Gasteiger partial charge in [-0.3, -0.25) is 4.79 Å². The van der Waals surface area contributed by atoms with Gasteiger partial charge in [0.2, 0.25) is 0 Å². The van der Waals surface area contributed by atoms with E-state index in [4.69, 9.17) is 0 Å². The van der Waals surface area contributed by atoms with Crippen molar-refractivity contribution in [1.29, 1.82) is 0 Å². The molecule has 2 aromatic carbocycles. The SMILES string of the molecule is CC(C)NC(=O)c1cccc2c1NC(c1ccc(O)cc1O)C1CC=CC21. The number of hydrogen-bond acceptors (Lipinski definition) is 4. The zero-order valence-electron chi connectivity index (χ0n) is 15.4. The predicted octanol–water partition coefficient (Wildman–Crippen LogP) is 4.06. The van der Waals surface area contributed by atoms with E-state index in [9.17, 15) is 15.0 Å². The van der Waals surface area contributed by atoms with E-state index in [0.29, 0.717) is 5.56 Å². The fourth-order valence-electron chi connectivity index (χ4n) is 4.25. The summed E-state index contributed by atoms with van der Waals surface area (Å²) in [5.74, 6) is 0.419. The number of carbonyl (C=O) groups is 1. The van der Waals surface area contributed by atoms with E-state index in [1.54, 1.807) is 12.1 Å². The number of nitrogens with one attached hydrogen (secondary N) is 2. The van der Waals surface area contributed by atoms with Crippen molar-refractivity contribution >= 4 is 11.6 Å². The lowest BCUT2D eigenvalue weighted by Crippen LogP contribution is -2.34. The van der Waals surface area contributed by atoms with Gasteiger partial charge in [0, 0.05) is 23.6 Å². The monoisotopic (exact) mass is 364 g/mol. The van der Waals surface area contributed by atoms with Crippen molar-refractivity contribution < 1.29 is 15.0 Å². The molecule has 0 spiro atoms. The van der Waals surface area contributed by atoms with Crippen LogP contribution in [0.25, 0.3) is 0 Å². The van der Waals surface area contributed by atoms with E-state index in [1.165, 1.54) is 6.07 Å². The second-order valence-electron chi connectivity index (χ2n) is 7.62. The van der Waals surface area contributed by atoms with E-state index in [1.807, 2.05) is 26.0 Å². The van der Waals surface area contributed by atoms with Crippen LogP contribution in [0.2, 0.25) is 0 Å². The van der Waals surface area contributed by atoms with Gasteiger partial charge < -0.3 is 20.8 Å². The van der Waals surface area contributed by atoms with Crippen molar-refractivity contribution in [2.75, 3.05) is 5.32 Å². The third-order valence-corrected chi connectivity index (χ3v) is 5.41. The Balaban J connectivity index is 1.80. The number of amides is 1. The molecular formula is C22H24N2O3. The zero-order valence-corrected chi connectivity index (χ0v) is 15.4. The fraction of sp³-hybridized carbons (Fsp3) is 0.318. The Kier molecular flexibility index (Phi) is 4.30. The van der Waals surface area contributed by atoms with Crippen LogP contribution in [-0.4, -0.2) is 22.2 Å². The molecule has 0 saturated heterocycles. The number of fused-ring (bicyclic) bond motifs is 3. The molecule has 0 aromatic heterocycles. The third-order valence-electron chi connectivity index (χ3n) is 5.41. The summed E-state index contributed by atoms with van der Waals surface area (Å²) in [5, 5.41) is 26.5. The number of para-hydroxylation sites is 1. The molecule has 0 saturated carbocycles. The normalized spacial score (nSPS) is 22.9. The molecule has 1 aliphatic carbocycles. The van der Waals surface area contributed by atoms with Crippen LogP contribution >= 0.6 is 0 Å². The molecule has 3 atom stereocenters. The molecule has 27 heavy (non-hydrogen) atoms. The first kappa shape index (κ1) is 17.5. The van der Waals surface area contributed by atoms with Gasteiger partial charge in [-0.05, 0) is 49.9 Å². The number of benzene rings is 2. The molecular weight excluding hydrogens is 340 g/mol. The van der Waals surface area contributed by atoms with Gasteiger partial charge in [0.25, 0.3) is 5.91 Å². The number of phenols is 2. The second-order valence-corrected chi connectivity index (χ2v) is 7.62. The van der Waals surface area contributed by atoms with Gasteiger partial charge in [-0.1, -0.05) is 24.3 Å². The summed E-state index contributed by atoms with van der Waals surface area (Å²) in [6.07, 6.45) is 5.25. The maximum absolute atomic E-state index is 12.7. The van der Waals surface area contributed by atoms with Crippen molar-refractivity contribution in [2.24, 2.45) is 5.92 Å². The molecule has 1 heterocycles. The number of rotatable bonds is 3. The Hall–Kier alpha value is -2.95. The van der Waals surface area contributed by atoms with Crippen LogP contribution in [0.1, 0.15) is 53.7 Å². The summed E-state index contributed by atoms with van der Waals surface area (Å²) in [6.45, 7) is 3.88. The van der Waals surface area contributed by atoms with Gasteiger partial charge >= 0.3 is 0 Å². The average Bonchev–Trinajstić information content (AvgIpc) is 3.10. The van der Waals surface area contributed by atoms with Crippen molar-refractivity contribution in [3.8, 4) is 11.5 Å². The lowest BCUT2D eigenvalue weighted by molar-refractivity contribution is 0.0943. The Morgan fingerprint density at radius 3 is 2.74 bits per heavy atom. The molecule has 0 fully saturated rings. The van der Waals surface area contributed by atoms with Crippen molar-refractivity contribution in [2.45, 2.75) is 38.3 Å². The van der Waals surface area contributed by atoms with Crippen LogP contribution in [0, 0.1) is 5.92 Å². The van der Waals surface area contributed by atoms with Gasteiger partial charge in [0.1, 0.15) is 11.5 Å². The van der Waals surface area contributed by atoms with Crippen LogP contribution in [0.15, 0.2) is 48.6 Å². The maximum Gasteiger partial charge on any atom is 0.253 e. The highest BCUT2D eigenvalue weighted by molar-refractivity contribution is 6.01. The fourth-order valence-corrected chi connectivity index (χ4v) is 4.25. The molecule has 5 nitrogen and oxygen atoms in total. The Bertz CT molecular complexity index is 920. The number of aromatic hydroxyl groups is 2. The van der Waals surface area contributed by atoms with Gasteiger partial charge in [-0.25, -0.2) is 0 Å². The van der Waals surface area contributed by atoms with Gasteiger partial charge in [0.05, 0.1) is 17.3 Å². The van der Waals surface area contributed by atoms with Gasteiger partial charge in [0.15, 0.2) is 0 Å². The molecule has 3 unspecified atom stereocenters. The Morgan fingerprint density at radius 1 is 1.19 bits per heavy atom. The lowest BCUT2D eigenvalue weighted by Gasteiger charge is -2.38. The van der Waals surface area contributed by atoms with Crippen molar-refractivity contribution in [3.05, 3.63) is 65.2 Å². The van der Waals surface area contributed by atoms with E-state index in [0.717, 1.165) is 23.2 Å². The number of allylic oxidation sites excluding steroid dienone is 2. The Morgan fingerprint density at radius 2 is 2.00 bits per heavy atom. The quantitative estimate of drug-likeness (QED) is 0.619. The van der Waals surface area contributed by atoms with E-state index in [2.05, 4.69) is 28.9 Å². The summed E-state index contributed by atoms with van der Waals surface area (Å²) >= 11 is 0. The van der Waals surface area contributed by atoms with Crippen LogP contribution in [0.5, 0.6) is 11.5 Å². The zero-order chi connectivity index (χ0) is 19.1. The first-order valence-corrected chi connectivity index (χ1v) is 9.34. The predicted molar refractivity (Wildman–Crippen MR) is 105 cm³/mol. The molecule has 4 N–H and O–H groups in total. The number of anilines is 1. The molecule has 2 aliphatic rings. The standard InChI is InChI=1S/C22H24N2O3/c1-12(2)23-22(27)18-8-4-7-16-14-5-3-6-15(14)20(24-21(16)18)17-10-9-13(25)11-19(17)26/h3-5,7-12,14-15,20,24-26H,6H2,1-2H3,(H,23,27). The first-order valence-electron chi connectivity index (χ1n) is 9.34. The van der Waals surface area contributed by atoms with E-state index < -0.39 is 0 Å². The number of hydrogen-bond donors (Lipinski definition) is 4. The third kappa shape index (κ3) is 3.03. The van der Waals surface area contributed by atoms with E-state index >= 15 is 0 Å². The average molecular weight is 364 g/mol. The second kappa shape index (κ2) is 6.65. The minimum atomic E-state index is -0.147. The van der Waals surface area contributed by atoms with Crippen LogP contribution in [0.3, 0.4) is 0 Å². The van der Waals surface area contributed by atoms with Gasteiger partial charge in [-0.2, -0.15) is 0 Å². The first-order chi connectivity index (χ1) is 13.0. The van der Waals surface area contributed by atoms with Gasteiger partial charge in [-0.15, -0.1) is 0 Å². The number of carbonyl (C=O) groups excluding carboxylic acids is 1. The molecule has 4 rings (SSSR count). The maximum atomic E-state index is 12.7. The molecule has 1 aliphatic heterocycles. The van der Waals surface area contributed by atoms with Crippen LogP contribution in [0.4, 0.5) is 5.69 Å². The summed E-state index contributed by atoms with van der Waals surface area (Å²) in [4.78, 5) is 12.7. The molecule has 0 bridgehead atoms. The Labute approximate surface area is 158 Å². The topological polar surface area (TPSA) is 81.6 Å². The summed E-state index contributed by atoms with van der Waals surface area (Å²) in [7, 11) is 0. The minimum absolute atomic E-state index is 0.0329. The summed E-state index contributed by atoms with van der Waals surface area (Å²) < 4.78 is 0. The summed E-state index contributed by atoms with van der Waals surface area (Å²) in [6, 6.07) is 10.4. The highest BCUT2D eigenvalue weighted by Gasteiger charge is 2.40. The van der Waals surface area contributed by atoms with Crippen molar-refractivity contribution in [3.63, 3.8) is 0 Å². The molecule has 140 valence electrons. The smallest absolute Gasteiger partial charge is 0.253 e. The van der Waals surface area contributed by atoms with Crippen LogP contribution in [-0.2, 0) is 0 Å². The number of phenolic OH excluding ortho intramolecular Hbond substituents is 2. The molecule has 2 aromatic rings. The molecule has 1 amide bonds. The lowest BCUT2D eigenvalue weighted by atomic mass is 9.76. The summed E-state index contributed by atoms with van der Waals surface area (Å²) in [5.41, 5.74) is 3.28. The van der Waals surface area contributed by atoms with Crippen molar-refractivity contribution in [1.82, 2.24) is 5.32 Å². The van der Waals surface area contributed by atoms with Crippen LogP contribution < -0.4 is 10.6 Å². The minimum Gasteiger partial charge on any atom is -0.508 e. The highest BCUT2D eigenvalue weighted by Crippen LogP contribution is 2.52. The molecule has 0 radical (unpaired) electrons. The largest absolute Gasteiger partial charge is 0.508 e. The highest BCUT2D eigenvalue weighted by atomic mass is 16.3.